The molecule has 0 fully saturated rings. The Labute approximate surface area is 152 Å². The number of rotatable bonds is 5. The molecule has 0 N–H and O–H groups in total. The van der Waals surface area contributed by atoms with Crippen molar-refractivity contribution in [3.8, 4) is 11.4 Å². The van der Waals surface area contributed by atoms with Crippen molar-refractivity contribution in [1.29, 1.82) is 0 Å². The van der Waals surface area contributed by atoms with E-state index in [4.69, 9.17) is 9.47 Å². The molecule has 0 aliphatic rings. The Hall–Kier alpha value is -3.08. The highest BCUT2D eigenvalue weighted by Crippen LogP contribution is 2.31. The van der Waals surface area contributed by atoms with Crippen molar-refractivity contribution >= 4 is 22.7 Å². The van der Waals surface area contributed by atoms with Crippen molar-refractivity contribution in [3.63, 3.8) is 0 Å². The molecule has 0 aliphatic heterocycles. The number of ether oxygens (including phenoxy) is 2. The molecule has 0 radical (unpaired) electrons. The van der Waals surface area contributed by atoms with Crippen molar-refractivity contribution in [2.45, 2.75) is 20.8 Å². The van der Waals surface area contributed by atoms with Crippen LogP contribution in [0.5, 0.6) is 5.75 Å². The normalized spacial score (nSPS) is 10.8. The van der Waals surface area contributed by atoms with Crippen LogP contribution in [-0.4, -0.2) is 30.0 Å². The zero-order valence-electron chi connectivity index (χ0n) is 15.3. The molecular weight excluding hydrogens is 330 g/mol. The molecule has 0 atom stereocenters. The molecule has 1 heterocycles. The first-order valence-electron chi connectivity index (χ1n) is 8.45. The number of Topliss-reactive ketones (excluding diaryl/α,β-unsaturated/α-hetero) is 1. The third kappa shape index (κ3) is 2.96. The predicted molar refractivity (Wildman–Crippen MR) is 101 cm³/mol. The van der Waals surface area contributed by atoms with E-state index in [1.807, 2.05) is 48.7 Å². The highest BCUT2D eigenvalue weighted by molar-refractivity contribution is 6.10. The van der Waals surface area contributed by atoms with Crippen LogP contribution in [0.3, 0.4) is 0 Å². The fourth-order valence-corrected chi connectivity index (χ4v) is 3.30. The Balaban J connectivity index is 2.23. The van der Waals surface area contributed by atoms with Gasteiger partial charge in [-0.3, -0.25) is 4.79 Å². The number of carbonyl (C=O) groups is 2. The Kier molecular flexibility index (Phi) is 4.80. The lowest BCUT2D eigenvalue weighted by molar-refractivity contribution is 0.0600. The van der Waals surface area contributed by atoms with Crippen LogP contribution >= 0.6 is 0 Å². The molecule has 5 heteroatoms. The van der Waals surface area contributed by atoms with E-state index in [1.54, 1.807) is 12.1 Å². The highest BCUT2D eigenvalue weighted by atomic mass is 16.5. The molecule has 0 unspecified atom stereocenters. The standard InChI is InChI=1S/C21H21NO4/c1-5-26-17-9-7-16(8-10-17)22-13(2)20(14(3)23)18-12-15(21(24)25-4)6-11-19(18)22/h6-12H,5H2,1-4H3. The van der Waals surface area contributed by atoms with Crippen LogP contribution in [0.25, 0.3) is 16.6 Å². The van der Waals surface area contributed by atoms with Crippen LogP contribution in [0.2, 0.25) is 0 Å². The maximum Gasteiger partial charge on any atom is 0.337 e. The van der Waals surface area contributed by atoms with E-state index in [0.29, 0.717) is 17.7 Å². The van der Waals surface area contributed by atoms with Gasteiger partial charge < -0.3 is 14.0 Å². The van der Waals surface area contributed by atoms with Gasteiger partial charge in [-0.1, -0.05) is 0 Å². The lowest BCUT2D eigenvalue weighted by Gasteiger charge is -2.10. The van der Waals surface area contributed by atoms with Gasteiger partial charge in [-0.15, -0.1) is 0 Å². The summed E-state index contributed by atoms with van der Waals surface area (Å²) >= 11 is 0. The van der Waals surface area contributed by atoms with Gasteiger partial charge in [-0.25, -0.2) is 4.79 Å². The highest BCUT2D eigenvalue weighted by Gasteiger charge is 2.20. The number of hydrogen-bond donors (Lipinski definition) is 0. The van der Waals surface area contributed by atoms with Crippen molar-refractivity contribution in [2.24, 2.45) is 0 Å². The van der Waals surface area contributed by atoms with Gasteiger partial charge in [0.15, 0.2) is 5.78 Å². The summed E-state index contributed by atoms with van der Waals surface area (Å²) in [6, 6.07) is 13.0. The molecule has 0 bridgehead atoms. The molecule has 2 aromatic carbocycles. The van der Waals surface area contributed by atoms with E-state index in [0.717, 1.165) is 28.0 Å². The lowest BCUT2D eigenvalue weighted by atomic mass is 10.1. The largest absolute Gasteiger partial charge is 0.494 e. The molecule has 0 saturated heterocycles. The molecule has 1 aromatic heterocycles. The number of ketones is 1. The summed E-state index contributed by atoms with van der Waals surface area (Å²) in [5, 5.41) is 0.742. The van der Waals surface area contributed by atoms with E-state index in [2.05, 4.69) is 0 Å². The summed E-state index contributed by atoms with van der Waals surface area (Å²) in [5.74, 6) is 0.331. The van der Waals surface area contributed by atoms with E-state index >= 15 is 0 Å². The van der Waals surface area contributed by atoms with Crippen LogP contribution in [0.4, 0.5) is 0 Å². The summed E-state index contributed by atoms with van der Waals surface area (Å²) in [6.45, 7) is 5.99. The van der Waals surface area contributed by atoms with Gasteiger partial charge in [-0.05, 0) is 63.2 Å². The summed E-state index contributed by atoms with van der Waals surface area (Å²) in [4.78, 5) is 24.1. The number of nitrogens with zero attached hydrogens (tertiary/aromatic N) is 1. The van der Waals surface area contributed by atoms with Gasteiger partial charge in [0, 0.05) is 22.3 Å². The fraction of sp³-hybridized carbons (Fsp3) is 0.238. The van der Waals surface area contributed by atoms with Gasteiger partial charge in [0.2, 0.25) is 0 Å². The van der Waals surface area contributed by atoms with Crippen LogP contribution in [0.15, 0.2) is 42.5 Å². The van der Waals surface area contributed by atoms with E-state index in [1.165, 1.54) is 14.0 Å². The molecule has 0 saturated carbocycles. The topological polar surface area (TPSA) is 57.5 Å². The monoisotopic (exact) mass is 351 g/mol. The summed E-state index contributed by atoms with van der Waals surface area (Å²) < 4.78 is 12.3. The van der Waals surface area contributed by atoms with Crippen molar-refractivity contribution in [3.05, 3.63) is 59.3 Å². The predicted octanol–water partition coefficient (Wildman–Crippen LogP) is 4.33. The van der Waals surface area contributed by atoms with Gasteiger partial charge in [0.05, 0.1) is 24.8 Å². The van der Waals surface area contributed by atoms with E-state index in [-0.39, 0.29) is 5.78 Å². The molecule has 26 heavy (non-hydrogen) atoms. The van der Waals surface area contributed by atoms with Crippen LogP contribution in [-0.2, 0) is 4.74 Å². The number of benzene rings is 2. The smallest absolute Gasteiger partial charge is 0.337 e. The minimum absolute atomic E-state index is 0.0424. The molecular formula is C21H21NO4. The number of aromatic nitrogens is 1. The molecule has 0 amide bonds. The second kappa shape index (κ2) is 7.04. The molecule has 134 valence electrons. The number of hydrogen-bond acceptors (Lipinski definition) is 4. The number of fused-ring (bicyclic) bond motifs is 1. The number of methoxy groups -OCH3 is 1. The fourth-order valence-electron chi connectivity index (χ4n) is 3.30. The SMILES string of the molecule is CCOc1ccc(-n2c(C)c(C(C)=O)c3cc(C(=O)OC)ccc32)cc1. The van der Waals surface area contributed by atoms with Crippen LogP contribution in [0, 0.1) is 6.92 Å². The third-order valence-electron chi connectivity index (χ3n) is 4.38. The van der Waals surface area contributed by atoms with Crippen LogP contribution < -0.4 is 4.74 Å². The van der Waals surface area contributed by atoms with Crippen molar-refractivity contribution < 1.29 is 19.1 Å². The second-order valence-electron chi connectivity index (χ2n) is 6.00. The third-order valence-corrected chi connectivity index (χ3v) is 4.38. The van der Waals surface area contributed by atoms with Crippen LogP contribution in [0.1, 0.15) is 40.3 Å². The summed E-state index contributed by atoms with van der Waals surface area (Å²) in [7, 11) is 1.34. The second-order valence-corrected chi connectivity index (χ2v) is 6.00. The molecule has 0 aliphatic carbocycles. The molecule has 5 nitrogen and oxygen atoms in total. The maximum atomic E-state index is 12.3. The minimum atomic E-state index is -0.423. The lowest BCUT2D eigenvalue weighted by Crippen LogP contribution is -2.01. The summed E-state index contributed by atoms with van der Waals surface area (Å²) in [5.41, 5.74) is 3.66. The maximum absolute atomic E-state index is 12.3. The first-order chi connectivity index (χ1) is 12.5. The zero-order valence-corrected chi connectivity index (χ0v) is 15.3. The molecule has 3 aromatic rings. The summed E-state index contributed by atoms with van der Waals surface area (Å²) in [6.07, 6.45) is 0. The quantitative estimate of drug-likeness (QED) is 0.507. The van der Waals surface area contributed by atoms with Gasteiger partial charge in [-0.2, -0.15) is 0 Å². The van der Waals surface area contributed by atoms with Crippen molar-refractivity contribution in [1.82, 2.24) is 4.57 Å². The Morgan fingerprint density at radius 3 is 2.35 bits per heavy atom. The van der Waals surface area contributed by atoms with E-state index < -0.39 is 5.97 Å². The molecule has 0 spiro atoms. The number of esters is 1. The minimum Gasteiger partial charge on any atom is -0.494 e. The Morgan fingerprint density at radius 1 is 1.08 bits per heavy atom. The first kappa shape index (κ1) is 17.7. The number of carbonyl (C=O) groups excluding carboxylic acids is 2. The average Bonchev–Trinajstić information content (AvgIpc) is 2.93. The van der Waals surface area contributed by atoms with Crippen molar-refractivity contribution in [2.75, 3.05) is 13.7 Å². The van der Waals surface area contributed by atoms with E-state index in [9.17, 15) is 9.59 Å². The Morgan fingerprint density at radius 2 is 1.77 bits per heavy atom. The van der Waals surface area contributed by atoms with Gasteiger partial charge >= 0.3 is 5.97 Å². The average molecular weight is 351 g/mol. The van der Waals surface area contributed by atoms with Gasteiger partial charge in [0.1, 0.15) is 5.75 Å². The Bertz CT molecular complexity index is 983. The first-order valence-corrected chi connectivity index (χ1v) is 8.45. The molecule has 3 rings (SSSR count). The zero-order chi connectivity index (χ0) is 18.8. The van der Waals surface area contributed by atoms with Gasteiger partial charge in [0.25, 0.3) is 0 Å².